The van der Waals surface area contributed by atoms with Gasteiger partial charge in [0, 0.05) is 25.3 Å². The van der Waals surface area contributed by atoms with Crippen molar-refractivity contribution in [1.29, 1.82) is 0 Å². The van der Waals surface area contributed by atoms with Crippen molar-refractivity contribution in [2.24, 2.45) is 0 Å². The highest BCUT2D eigenvalue weighted by Gasteiger charge is 2.32. The van der Waals surface area contributed by atoms with E-state index >= 15 is 0 Å². The van der Waals surface area contributed by atoms with E-state index in [4.69, 9.17) is 0 Å². The van der Waals surface area contributed by atoms with Crippen LogP contribution in [0.25, 0.3) is 0 Å². The van der Waals surface area contributed by atoms with E-state index in [0.29, 0.717) is 11.7 Å². The third-order valence-corrected chi connectivity index (χ3v) is 6.85. The smallest absolute Gasteiger partial charge is 0.233 e. The Kier molecular flexibility index (Phi) is 7.26. The molecule has 5 heteroatoms. The number of likely N-dealkylation sites (tertiary alicyclic amines) is 1. The third-order valence-electron chi connectivity index (χ3n) is 5.60. The lowest BCUT2D eigenvalue weighted by molar-refractivity contribution is -0.128. The summed E-state index contributed by atoms with van der Waals surface area (Å²) < 4.78 is 0. The SMILES string of the molecule is CCN(CC)c1ccc(C2SCC(=O)N2CCCCN2CCCC2)cc1. The van der Waals surface area contributed by atoms with Crippen molar-refractivity contribution in [1.82, 2.24) is 9.80 Å². The molecule has 3 rings (SSSR count). The first-order valence-electron chi connectivity index (χ1n) is 10.2. The zero-order valence-electron chi connectivity index (χ0n) is 16.3. The van der Waals surface area contributed by atoms with Crippen molar-refractivity contribution in [2.45, 2.75) is 44.9 Å². The first-order valence-corrected chi connectivity index (χ1v) is 11.3. The summed E-state index contributed by atoms with van der Waals surface area (Å²) in [4.78, 5) is 19.4. The van der Waals surface area contributed by atoms with Crippen LogP contribution in [0.3, 0.4) is 0 Å². The van der Waals surface area contributed by atoms with Gasteiger partial charge in [0.25, 0.3) is 0 Å². The zero-order valence-corrected chi connectivity index (χ0v) is 17.1. The maximum absolute atomic E-state index is 12.4. The lowest BCUT2D eigenvalue weighted by Gasteiger charge is -2.26. The molecule has 0 aromatic heterocycles. The summed E-state index contributed by atoms with van der Waals surface area (Å²) in [6, 6.07) is 8.83. The highest BCUT2D eigenvalue weighted by molar-refractivity contribution is 8.00. The topological polar surface area (TPSA) is 26.8 Å². The maximum atomic E-state index is 12.4. The number of benzene rings is 1. The molecule has 1 unspecified atom stereocenters. The van der Waals surface area contributed by atoms with E-state index in [1.165, 1.54) is 50.1 Å². The molecule has 4 nitrogen and oxygen atoms in total. The monoisotopic (exact) mass is 375 g/mol. The van der Waals surface area contributed by atoms with Crippen LogP contribution >= 0.6 is 11.8 Å². The molecule has 0 saturated carbocycles. The molecule has 2 saturated heterocycles. The Morgan fingerprint density at radius 1 is 1.04 bits per heavy atom. The number of unbranched alkanes of at least 4 members (excludes halogenated alkanes) is 1. The second-order valence-electron chi connectivity index (χ2n) is 7.27. The zero-order chi connectivity index (χ0) is 18.4. The highest BCUT2D eigenvalue weighted by atomic mass is 32.2. The van der Waals surface area contributed by atoms with Crippen molar-refractivity contribution in [3.8, 4) is 0 Å². The van der Waals surface area contributed by atoms with Crippen LogP contribution in [0.2, 0.25) is 0 Å². The number of carbonyl (C=O) groups excluding carboxylic acids is 1. The highest BCUT2D eigenvalue weighted by Crippen LogP contribution is 2.39. The van der Waals surface area contributed by atoms with Gasteiger partial charge < -0.3 is 14.7 Å². The summed E-state index contributed by atoms with van der Waals surface area (Å²) in [5.74, 6) is 0.920. The van der Waals surface area contributed by atoms with Crippen LogP contribution in [0, 0.1) is 0 Å². The van der Waals surface area contributed by atoms with Crippen LogP contribution in [0.4, 0.5) is 5.69 Å². The minimum Gasteiger partial charge on any atom is -0.372 e. The van der Waals surface area contributed by atoms with E-state index in [-0.39, 0.29) is 5.37 Å². The number of amides is 1. The largest absolute Gasteiger partial charge is 0.372 e. The molecule has 0 aliphatic carbocycles. The first-order chi connectivity index (χ1) is 12.7. The molecule has 2 fully saturated rings. The van der Waals surface area contributed by atoms with Gasteiger partial charge in [-0.15, -0.1) is 11.8 Å². The Morgan fingerprint density at radius 2 is 1.69 bits per heavy atom. The summed E-state index contributed by atoms with van der Waals surface area (Å²) in [5.41, 5.74) is 2.53. The van der Waals surface area contributed by atoms with Crippen molar-refractivity contribution in [3.05, 3.63) is 29.8 Å². The van der Waals surface area contributed by atoms with Gasteiger partial charge in [-0.3, -0.25) is 4.79 Å². The van der Waals surface area contributed by atoms with Gasteiger partial charge in [-0.25, -0.2) is 0 Å². The molecule has 0 radical (unpaired) electrons. The molecule has 1 aromatic rings. The van der Waals surface area contributed by atoms with E-state index < -0.39 is 0 Å². The average molecular weight is 376 g/mol. The standard InChI is InChI=1S/C21H33N3OS/c1-3-23(4-2)19-11-9-18(10-12-19)21-24(20(25)17-26-21)16-8-7-15-22-13-5-6-14-22/h9-12,21H,3-8,13-17H2,1-2H3. The first kappa shape index (κ1) is 19.6. The van der Waals surface area contributed by atoms with Gasteiger partial charge in [-0.2, -0.15) is 0 Å². The predicted molar refractivity (Wildman–Crippen MR) is 112 cm³/mol. The fourth-order valence-electron chi connectivity index (χ4n) is 4.03. The van der Waals surface area contributed by atoms with Gasteiger partial charge in [0.1, 0.15) is 5.37 Å². The van der Waals surface area contributed by atoms with Gasteiger partial charge >= 0.3 is 0 Å². The summed E-state index contributed by atoms with van der Waals surface area (Å²) in [6.07, 6.45) is 5.01. The Hall–Kier alpha value is -1.20. The van der Waals surface area contributed by atoms with Gasteiger partial charge in [-0.1, -0.05) is 12.1 Å². The molecule has 0 N–H and O–H groups in total. The number of thioether (sulfide) groups is 1. The Morgan fingerprint density at radius 3 is 2.35 bits per heavy atom. The summed E-state index contributed by atoms with van der Waals surface area (Å²) in [6.45, 7) is 11.0. The quantitative estimate of drug-likeness (QED) is 0.610. The second kappa shape index (κ2) is 9.65. The van der Waals surface area contributed by atoms with E-state index in [9.17, 15) is 4.79 Å². The van der Waals surface area contributed by atoms with E-state index in [0.717, 1.165) is 26.1 Å². The number of rotatable bonds is 9. The predicted octanol–water partition coefficient (Wildman–Crippen LogP) is 3.98. The third kappa shape index (κ3) is 4.74. The Balaban J connectivity index is 1.54. The van der Waals surface area contributed by atoms with Crippen LogP contribution in [-0.2, 0) is 4.79 Å². The summed E-state index contributed by atoms with van der Waals surface area (Å²) in [7, 11) is 0. The number of carbonyl (C=O) groups is 1. The Labute approximate surface area is 162 Å². The molecule has 1 atom stereocenters. The lowest BCUT2D eigenvalue weighted by Crippen LogP contribution is -2.30. The van der Waals surface area contributed by atoms with Crippen molar-refractivity contribution in [2.75, 3.05) is 49.9 Å². The minimum absolute atomic E-state index is 0.194. The van der Waals surface area contributed by atoms with Gasteiger partial charge in [0.2, 0.25) is 5.91 Å². The molecular weight excluding hydrogens is 342 g/mol. The Bertz CT molecular complexity index is 567. The van der Waals surface area contributed by atoms with E-state index in [1.807, 2.05) is 0 Å². The number of hydrogen-bond acceptors (Lipinski definition) is 4. The summed E-state index contributed by atoms with van der Waals surface area (Å²) >= 11 is 1.77. The van der Waals surface area contributed by atoms with Crippen molar-refractivity contribution in [3.63, 3.8) is 0 Å². The van der Waals surface area contributed by atoms with E-state index in [1.54, 1.807) is 11.8 Å². The molecule has 0 spiro atoms. The molecule has 1 amide bonds. The van der Waals surface area contributed by atoms with Crippen LogP contribution in [-0.4, -0.2) is 60.7 Å². The molecule has 26 heavy (non-hydrogen) atoms. The van der Waals surface area contributed by atoms with Crippen molar-refractivity contribution >= 4 is 23.4 Å². The fraction of sp³-hybridized carbons (Fsp3) is 0.667. The summed E-state index contributed by atoms with van der Waals surface area (Å²) in [5, 5.41) is 0.194. The number of hydrogen-bond donors (Lipinski definition) is 0. The van der Waals surface area contributed by atoms with Crippen molar-refractivity contribution < 1.29 is 4.79 Å². The van der Waals surface area contributed by atoms with Gasteiger partial charge in [-0.05, 0) is 76.9 Å². The normalized spacial score (nSPS) is 20.9. The minimum atomic E-state index is 0.194. The van der Waals surface area contributed by atoms with Gasteiger partial charge in [0.05, 0.1) is 5.75 Å². The molecule has 2 heterocycles. The molecule has 144 valence electrons. The maximum Gasteiger partial charge on any atom is 0.233 e. The molecule has 0 bridgehead atoms. The molecule has 2 aliphatic heterocycles. The fourth-order valence-corrected chi connectivity index (χ4v) is 5.25. The van der Waals surface area contributed by atoms with E-state index in [2.05, 4.69) is 52.8 Å². The average Bonchev–Trinajstić information content (AvgIpc) is 3.31. The number of nitrogens with zero attached hydrogens (tertiary/aromatic N) is 3. The number of anilines is 1. The van der Waals surface area contributed by atoms with Gasteiger partial charge in [0.15, 0.2) is 0 Å². The van der Waals surface area contributed by atoms with Crippen LogP contribution in [0.1, 0.15) is 50.5 Å². The molecular formula is C21H33N3OS. The van der Waals surface area contributed by atoms with Crippen LogP contribution in [0.5, 0.6) is 0 Å². The van der Waals surface area contributed by atoms with Crippen LogP contribution < -0.4 is 4.90 Å². The molecule has 2 aliphatic rings. The molecule has 1 aromatic carbocycles. The second-order valence-corrected chi connectivity index (χ2v) is 8.34. The lowest BCUT2D eigenvalue weighted by atomic mass is 10.1. The van der Waals surface area contributed by atoms with Crippen LogP contribution in [0.15, 0.2) is 24.3 Å².